The number of hydrogen-bond acceptors (Lipinski definition) is 2. The van der Waals surface area contributed by atoms with Gasteiger partial charge in [0.1, 0.15) is 5.52 Å². The van der Waals surface area contributed by atoms with E-state index in [1.807, 2.05) is 18.2 Å². The first-order valence-electron chi connectivity index (χ1n) is 8.42. The van der Waals surface area contributed by atoms with Crippen molar-refractivity contribution in [2.45, 2.75) is 37.6 Å². The Hall–Kier alpha value is -2.20. The van der Waals surface area contributed by atoms with E-state index in [2.05, 4.69) is 83.7 Å². The number of nitrogens with zero attached hydrogens (tertiary/aromatic N) is 3. The van der Waals surface area contributed by atoms with Gasteiger partial charge in [0.15, 0.2) is 0 Å². The molecule has 0 aliphatic heterocycles. The van der Waals surface area contributed by atoms with Gasteiger partial charge in [0, 0.05) is 14.5 Å². The maximum absolute atomic E-state index is 4.54. The topological polar surface area (TPSA) is 30.7 Å². The summed E-state index contributed by atoms with van der Waals surface area (Å²) in [6, 6.07) is 19.9. The zero-order chi connectivity index (χ0) is 17.2. The summed E-state index contributed by atoms with van der Waals surface area (Å²) < 4.78 is 2.10. The van der Waals surface area contributed by atoms with E-state index in [1.165, 1.54) is 5.56 Å². The highest BCUT2D eigenvalue weighted by molar-refractivity contribution is 6.76. The molecule has 24 heavy (non-hydrogen) atoms. The van der Waals surface area contributed by atoms with Crippen molar-refractivity contribution in [3.8, 4) is 0 Å². The van der Waals surface area contributed by atoms with Crippen molar-refractivity contribution < 1.29 is 0 Å². The first-order valence-corrected chi connectivity index (χ1v) is 12.1. The van der Waals surface area contributed by atoms with Crippen LogP contribution in [0.2, 0.25) is 25.7 Å². The molecule has 0 bridgehead atoms. The number of allylic oxidation sites excluding steroid dienone is 1. The maximum Gasteiger partial charge on any atom is 0.113 e. The van der Waals surface area contributed by atoms with Crippen molar-refractivity contribution in [1.29, 1.82) is 0 Å². The third kappa shape index (κ3) is 3.34. The zero-order valence-electron chi connectivity index (χ0n) is 14.7. The van der Waals surface area contributed by atoms with Crippen LogP contribution in [-0.4, -0.2) is 23.1 Å². The summed E-state index contributed by atoms with van der Waals surface area (Å²) in [4.78, 5) is 0. The van der Waals surface area contributed by atoms with Crippen molar-refractivity contribution in [1.82, 2.24) is 15.0 Å². The van der Waals surface area contributed by atoms with Gasteiger partial charge in [-0.1, -0.05) is 73.4 Å². The monoisotopic (exact) mass is 335 g/mol. The van der Waals surface area contributed by atoms with Gasteiger partial charge in [-0.3, -0.25) is 0 Å². The third-order valence-corrected chi connectivity index (χ3v) is 6.02. The van der Waals surface area contributed by atoms with Gasteiger partial charge in [0.05, 0.1) is 11.1 Å². The number of hydrogen-bond donors (Lipinski definition) is 0. The molecule has 0 aliphatic rings. The van der Waals surface area contributed by atoms with Crippen LogP contribution in [0.5, 0.6) is 0 Å². The van der Waals surface area contributed by atoms with Crippen molar-refractivity contribution in [2.75, 3.05) is 0 Å². The SMILES string of the molecule is C=CC(Cc1ccccc1)(C[Si](C)(C)C)n1nnc2ccccc21. The molecular formula is C20H25N3Si. The van der Waals surface area contributed by atoms with Gasteiger partial charge in [-0.15, -0.1) is 11.7 Å². The zero-order valence-corrected chi connectivity index (χ0v) is 15.7. The molecule has 1 atom stereocenters. The standard InChI is InChI=1S/C20H25N3Si/c1-5-20(16-24(2,3)4,15-17-11-7-6-8-12-17)23-19-14-10-9-13-18(19)21-22-23/h5-14H,1,15-16H2,2-4H3. The molecular weight excluding hydrogens is 310 g/mol. The quantitative estimate of drug-likeness (QED) is 0.474. The van der Waals surface area contributed by atoms with Gasteiger partial charge in [-0.05, 0) is 23.7 Å². The van der Waals surface area contributed by atoms with Crippen LogP contribution >= 0.6 is 0 Å². The van der Waals surface area contributed by atoms with Crippen LogP contribution < -0.4 is 0 Å². The van der Waals surface area contributed by atoms with Crippen LogP contribution in [0, 0.1) is 0 Å². The predicted octanol–water partition coefficient (Wildman–Crippen LogP) is 4.89. The van der Waals surface area contributed by atoms with Crippen molar-refractivity contribution in [2.24, 2.45) is 0 Å². The average molecular weight is 336 g/mol. The number of benzene rings is 2. The maximum atomic E-state index is 4.54. The van der Waals surface area contributed by atoms with Crippen LogP contribution in [-0.2, 0) is 12.0 Å². The summed E-state index contributed by atoms with van der Waals surface area (Å²) in [5, 5.41) is 8.92. The highest BCUT2D eigenvalue weighted by Gasteiger charge is 2.36. The fourth-order valence-corrected chi connectivity index (χ4v) is 5.76. The van der Waals surface area contributed by atoms with Crippen molar-refractivity contribution >= 4 is 19.1 Å². The first kappa shape index (κ1) is 16.6. The number of rotatable bonds is 6. The van der Waals surface area contributed by atoms with E-state index >= 15 is 0 Å². The molecule has 4 heteroatoms. The molecule has 0 spiro atoms. The van der Waals surface area contributed by atoms with Crippen LogP contribution in [0.4, 0.5) is 0 Å². The van der Waals surface area contributed by atoms with Crippen molar-refractivity contribution in [3.63, 3.8) is 0 Å². The average Bonchev–Trinajstić information content (AvgIpc) is 2.98. The minimum Gasteiger partial charge on any atom is -0.235 e. The molecule has 0 fully saturated rings. The lowest BCUT2D eigenvalue weighted by molar-refractivity contribution is 0.365. The summed E-state index contributed by atoms with van der Waals surface area (Å²) in [7, 11) is -1.37. The largest absolute Gasteiger partial charge is 0.235 e. The lowest BCUT2D eigenvalue weighted by atomic mass is 9.92. The molecule has 3 aromatic rings. The molecule has 3 nitrogen and oxygen atoms in total. The summed E-state index contributed by atoms with van der Waals surface area (Å²) in [6.45, 7) is 11.4. The van der Waals surface area contributed by atoms with Crippen LogP contribution in [0.1, 0.15) is 5.56 Å². The molecule has 124 valence electrons. The van der Waals surface area contributed by atoms with E-state index < -0.39 is 8.07 Å². The van der Waals surface area contributed by atoms with Crippen LogP contribution in [0.25, 0.3) is 11.0 Å². The van der Waals surface area contributed by atoms with Gasteiger partial charge in [0.2, 0.25) is 0 Å². The molecule has 1 heterocycles. The molecule has 0 aliphatic carbocycles. The van der Waals surface area contributed by atoms with Gasteiger partial charge in [-0.2, -0.15) is 0 Å². The molecule has 0 amide bonds. The fraction of sp³-hybridized carbons (Fsp3) is 0.300. The lowest BCUT2D eigenvalue weighted by Gasteiger charge is -2.36. The second-order valence-corrected chi connectivity index (χ2v) is 13.2. The third-order valence-electron chi connectivity index (χ3n) is 4.34. The Morgan fingerprint density at radius 3 is 2.38 bits per heavy atom. The normalized spacial score (nSPS) is 14.5. The Morgan fingerprint density at radius 1 is 1.04 bits per heavy atom. The Bertz CT molecular complexity index is 833. The minimum absolute atomic E-state index is 0.248. The van der Waals surface area contributed by atoms with Gasteiger partial charge in [0.25, 0.3) is 0 Å². The second kappa shape index (κ2) is 6.36. The molecule has 1 aromatic heterocycles. The van der Waals surface area contributed by atoms with Crippen LogP contribution in [0.3, 0.4) is 0 Å². The number of fused-ring (bicyclic) bond motifs is 1. The Morgan fingerprint density at radius 2 is 1.71 bits per heavy atom. The molecule has 3 rings (SSSR count). The van der Waals surface area contributed by atoms with Gasteiger partial charge < -0.3 is 0 Å². The van der Waals surface area contributed by atoms with Gasteiger partial charge >= 0.3 is 0 Å². The number of para-hydroxylation sites is 1. The summed E-state index contributed by atoms with van der Waals surface area (Å²) in [5.41, 5.74) is 3.07. The van der Waals surface area contributed by atoms with E-state index in [9.17, 15) is 0 Å². The molecule has 0 N–H and O–H groups in total. The molecule has 0 saturated carbocycles. The summed E-state index contributed by atoms with van der Waals surface area (Å²) >= 11 is 0. The smallest absolute Gasteiger partial charge is 0.113 e. The summed E-state index contributed by atoms with van der Waals surface area (Å²) in [6.07, 6.45) is 2.97. The van der Waals surface area contributed by atoms with E-state index in [0.29, 0.717) is 0 Å². The second-order valence-electron chi connectivity index (χ2n) is 7.70. The summed E-state index contributed by atoms with van der Waals surface area (Å²) in [5.74, 6) is 0. The fourth-order valence-electron chi connectivity index (χ4n) is 3.51. The lowest BCUT2D eigenvalue weighted by Crippen LogP contribution is -2.41. The van der Waals surface area contributed by atoms with E-state index in [4.69, 9.17) is 0 Å². The van der Waals surface area contributed by atoms with E-state index in [1.54, 1.807) is 0 Å². The highest BCUT2D eigenvalue weighted by Crippen LogP contribution is 2.35. The minimum atomic E-state index is -1.37. The molecule has 2 aromatic carbocycles. The van der Waals surface area contributed by atoms with E-state index in [0.717, 1.165) is 23.5 Å². The van der Waals surface area contributed by atoms with Gasteiger partial charge in [-0.25, -0.2) is 4.68 Å². The van der Waals surface area contributed by atoms with E-state index in [-0.39, 0.29) is 5.54 Å². The Kier molecular flexibility index (Phi) is 4.41. The molecule has 1 unspecified atom stereocenters. The molecule has 0 radical (unpaired) electrons. The van der Waals surface area contributed by atoms with Crippen LogP contribution in [0.15, 0.2) is 67.3 Å². The Balaban J connectivity index is 2.15. The number of aromatic nitrogens is 3. The van der Waals surface area contributed by atoms with Crippen molar-refractivity contribution in [3.05, 3.63) is 72.8 Å². The first-order chi connectivity index (χ1) is 11.4. The molecule has 0 saturated heterocycles. The Labute approximate surface area is 145 Å². The predicted molar refractivity (Wildman–Crippen MR) is 104 cm³/mol. The highest BCUT2D eigenvalue weighted by atomic mass is 28.3.